The molecule has 2 aliphatic rings. The molecule has 152 valence electrons. The SMILES string of the molecule is Cc1cccc(CN2CCC(=C3c4ccc(Cl)cc4CCc4cccnc43)CC2)c1. The summed E-state index contributed by atoms with van der Waals surface area (Å²) in [6.07, 6.45) is 6.17. The lowest BCUT2D eigenvalue weighted by molar-refractivity contribution is 0.248. The van der Waals surface area contributed by atoms with Gasteiger partial charge in [-0.1, -0.05) is 59.1 Å². The number of benzene rings is 2. The molecule has 0 atom stereocenters. The molecule has 0 saturated carbocycles. The molecule has 0 radical (unpaired) electrons. The van der Waals surface area contributed by atoms with E-state index in [-0.39, 0.29) is 0 Å². The highest BCUT2D eigenvalue weighted by Crippen LogP contribution is 2.38. The van der Waals surface area contributed by atoms with Gasteiger partial charge in [-0.3, -0.25) is 9.88 Å². The highest BCUT2D eigenvalue weighted by molar-refractivity contribution is 6.30. The van der Waals surface area contributed by atoms with Crippen molar-refractivity contribution in [3.8, 4) is 0 Å². The Bertz CT molecular complexity index is 1110. The summed E-state index contributed by atoms with van der Waals surface area (Å²) in [7, 11) is 0. The highest BCUT2D eigenvalue weighted by atomic mass is 35.5. The van der Waals surface area contributed by atoms with E-state index in [0.29, 0.717) is 0 Å². The summed E-state index contributed by atoms with van der Waals surface area (Å²) in [5.74, 6) is 0. The summed E-state index contributed by atoms with van der Waals surface area (Å²) in [4.78, 5) is 7.43. The van der Waals surface area contributed by atoms with Crippen molar-refractivity contribution in [2.75, 3.05) is 13.1 Å². The fraction of sp³-hybridized carbons (Fsp3) is 0.296. The second kappa shape index (κ2) is 8.37. The number of hydrogen-bond acceptors (Lipinski definition) is 2. The molecule has 3 heteroatoms. The van der Waals surface area contributed by atoms with E-state index in [0.717, 1.165) is 50.3 Å². The molecule has 5 rings (SSSR count). The molecular weight excluding hydrogens is 388 g/mol. The van der Waals surface area contributed by atoms with Crippen LogP contribution in [0.3, 0.4) is 0 Å². The van der Waals surface area contributed by atoms with Crippen LogP contribution in [0.4, 0.5) is 0 Å². The molecule has 0 N–H and O–H groups in total. The minimum Gasteiger partial charge on any atom is -0.298 e. The van der Waals surface area contributed by atoms with E-state index in [1.54, 1.807) is 5.57 Å². The molecule has 2 aromatic carbocycles. The lowest BCUT2D eigenvalue weighted by Crippen LogP contribution is -2.30. The van der Waals surface area contributed by atoms with E-state index in [2.05, 4.69) is 60.4 Å². The molecular formula is C27H27ClN2. The van der Waals surface area contributed by atoms with Gasteiger partial charge in [0.15, 0.2) is 0 Å². The van der Waals surface area contributed by atoms with Gasteiger partial charge in [0.25, 0.3) is 0 Å². The monoisotopic (exact) mass is 414 g/mol. The lowest BCUT2D eigenvalue weighted by Gasteiger charge is -2.30. The number of nitrogens with zero attached hydrogens (tertiary/aromatic N) is 2. The van der Waals surface area contributed by atoms with E-state index in [4.69, 9.17) is 16.6 Å². The first kappa shape index (κ1) is 19.5. The van der Waals surface area contributed by atoms with Crippen molar-refractivity contribution in [1.29, 1.82) is 0 Å². The van der Waals surface area contributed by atoms with Crippen molar-refractivity contribution in [3.63, 3.8) is 0 Å². The van der Waals surface area contributed by atoms with E-state index in [9.17, 15) is 0 Å². The predicted octanol–water partition coefficient (Wildman–Crippen LogP) is 6.24. The van der Waals surface area contributed by atoms with Gasteiger partial charge >= 0.3 is 0 Å². The van der Waals surface area contributed by atoms with Gasteiger partial charge in [0.2, 0.25) is 0 Å². The number of likely N-dealkylation sites (tertiary alicyclic amines) is 1. The van der Waals surface area contributed by atoms with Crippen LogP contribution in [0.15, 0.2) is 66.4 Å². The molecule has 0 spiro atoms. The molecule has 2 heterocycles. The zero-order chi connectivity index (χ0) is 20.5. The van der Waals surface area contributed by atoms with Crippen LogP contribution in [0.25, 0.3) is 5.57 Å². The lowest BCUT2D eigenvalue weighted by atomic mass is 9.88. The zero-order valence-corrected chi connectivity index (χ0v) is 18.3. The van der Waals surface area contributed by atoms with Crippen LogP contribution in [0.1, 0.15) is 46.4 Å². The summed E-state index contributed by atoms with van der Waals surface area (Å²) < 4.78 is 0. The van der Waals surface area contributed by atoms with Crippen molar-refractivity contribution < 1.29 is 0 Å². The Morgan fingerprint density at radius 2 is 1.73 bits per heavy atom. The molecule has 1 saturated heterocycles. The van der Waals surface area contributed by atoms with Gasteiger partial charge in [-0.2, -0.15) is 0 Å². The first-order chi connectivity index (χ1) is 14.7. The fourth-order valence-corrected chi connectivity index (χ4v) is 5.13. The number of hydrogen-bond donors (Lipinski definition) is 0. The number of piperidine rings is 1. The molecule has 1 aliphatic carbocycles. The average molecular weight is 415 g/mol. The number of rotatable bonds is 2. The zero-order valence-electron chi connectivity index (χ0n) is 17.5. The molecule has 3 aromatic rings. The van der Waals surface area contributed by atoms with Gasteiger partial charge in [0.05, 0.1) is 5.69 Å². The minimum absolute atomic E-state index is 0.824. The number of pyridine rings is 1. The van der Waals surface area contributed by atoms with Gasteiger partial charge in [-0.25, -0.2) is 0 Å². The Kier molecular flexibility index (Phi) is 5.45. The standard InChI is InChI=1S/C27H27ClN2/c1-19-4-2-5-20(16-19)18-30-14-11-21(12-15-30)26-25-10-9-24(28)17-23(25)8-7-22-6-3-13-29-27(22)26/h2-6,9-10,13,16-17H,7-8,11-12,14-15,18H2,1H3. The van der Waals surface area contributed by atoms with E-state index in [1.165, 1.54) is 39.1 Å². The van der Waals surface area contributed by atoms with Crippen molar-refractivity contribution in [3.05, 3.63) is 105 Å². The molecule has 1 aromatic heterocycles. The average Bonchev–Trinajstić information content (AvgIpc) is 2.91. The van der Waals surface area contributed by atoms with Crippen molar-refractivity contribution >= 4 is 17.2 Å². The van der Waals surface area contributed by atoms with Gasteiger partial charge in [0.1, 0.15) is 0 Å². The van der Waals surface area contributed by atoms with Gasteiger partial charge in [-0.15, -0.1) is 0 Å². The summed E-state index contributed by atoms with van der Waals surface area (Å²) in [5, 5.41) is 0.824. The molecule has 0 amide bonds. The molecule has 0 bridgehead atoms. The maximum absolute atomic E-state index is 6.34. The van der Waals surface area contributed by atoms with Crippen LogP contribution in [-0.4, -0.2) is 23.0 Å². The smallest absolute Gasteiger partial charge is 0.0739 e. The first-order valence-electron chi connectivity index (χ1n) is 10.9. The highest BCUT2D eigenvalue weighted by Gasteiger charge is 2.25. The molecule has 1 fully saturated rings. The van der Waals surface area contributed by atoms with Gasteiger partial charge in [-0.05, 0) is 73.1 Å². The van der Waals surface area contributed by atoms with Crippen molar-refractivity contribution in [2.45, 2.75) is 39.2 Å². The number of halogens is 1. The Hall–Kier alpha value is -2.42. The molecule has 0 unspecified atom stereocenters. The Labute approximate surface area is 184 Å². The van der Waals surface area contributed by atoms with E-state index in [1.807, 2.05) is 12.3 Å². The maximum Gasteiger partial charge on any atom is 0.0739 e. The molecule has 1 aliphatic heterocycles. The fourth-order valence-electron chi connectivity index (χ4n) is 4.93. The van der Waals surface area contributed by atoms with Crippen LogP contribution < -0.4 is 0 Å². The van der Waals surface area contributed by atoms with Gasteiger partial charge in [0, 0.05) is 36.4 Å². The molecule has 2 nitrogen and oxygen atoms in total. The minimum atomic E-state index is 0.824. The number of fused-ring (bicyclic) bond motifs is 2. The topological polar surface area (TPSA) is 16.1 Å². The summed E-state index contributed by atoms with van der Waals surface area (Å²) in [5.41, 5.74) is 10.9. The van der Waals surface area contributed by atoms with E-state index < -0.39 is 0 Å². The molecule has 30 heavy (non-hydrogen) atoms. The second-order valence-electron chi connectivity index (χ2n) is 8.56. The largest absolute Gasteiger partial charge is 0.298 e. The quantitative estimate of drug-likeness (QED) is 0.493. The summed E-state index contributed by atoms with van der Waals surface area (Å²) >= 11 is 6.34. The maximum atomic E-state index is 6.34. The van der Waals surface area contributed by atoms with Crippen LogP contribution in [-0.2, 0) is 19.4 Å². The Morgan fingerprint density at radius 1 is 0.900 bits per heavy atom. The number of aromatic nitrogens is 1. The predicted molar refractivity (Wildman–Crippen MR) is 125 cm³/mol. The number of aryl methyl sites for hydroxylation is 3. The second-order valence-corrected chi connectivity index (χ2v) is 8.99. The van der Waals surface area contributed by atoms with Crippen LogP contribution in [0, 0.1) is 6.92 Å². The van der Waals surface area contributed by atoms with Crippen molar-refractivity contribution in [2.24, 2.45) is 0 Å². The van der Waals surface area contributed by atoms with Gasteiger partial charge < -0.3 is 0 Å². The Morgan fingerprint density at radius 3 is 2.57 bits per heavy atom. The third-order valence-electron chi connectivity index (χ3n) is 6.43. The van der Waals surface area contributed by atoms with Crippen LogP contribution in [0.2, 0.25) is 5.02 Å². The van der Waals surface area contributed by atoms with E-state index >= 15 is 0 Å². The van der Waals surface area contributed by atoms with Crippen LogP contribution in [0.5, 0.6) is 0 Å². The normalized spacial score (nSPS) is 16.7. The first-order valence-corrected chi connectivity index (χ1v) is 11.3. The summed E-state index contributed by atoms with van der Waals surface area (Å²) in [6.45, 7) is 5.39. The van der Waals surface area contributed by atoms with Crippen LogP contribution >= 0.6 is 11.6 Å². The van der Waals surface area contributed by atoms with Crippen molar-refractivity contribution in [1.82, 2.24) is 9.88 Å². The summed E-state index contributed by atoms with van der Waals surface area (Å²) in [6, 6.07) is 19.6. The third kappa shape index (κ3) is 3.95. The Balaban J connectivity index is 1.47. The third-order valence-corrected chi connectivity index (χ3v) is 6.67.